The average molecular weight is 249 g/mol. The summed E-state index contributed by atoms with van der Waals surface area (Å²) in [6.07, 6.45) is 2.25. The number of aromatic nitrogens is 2. The molecule has 0 atom stereocenters. The minimum Gasteiger partial charge on any atom is -0.384 e. The average Bonchev–Trinajstić information content (AvgIpc) is 3.18. The molecule has 6 heteroatoms. The van der Waals surface area contributed by atoms with Crippen molar-refractivity contribution in [3.63, 3.8) is 0 Å². The minimum absolute atomic E-state index is 0.0302. The molecule has 0 radical (unpaired) electrons. The van der Waals surface area contributed by atoms with Crippen LogP contribution >= 0.6 is 0 Å². The molecule has 0 bridgehead atoms. The Labute approximate surface area is 107 Å². The molecular weight excluding hydrogens is 230 g/mol. The van der Waals surface area contributed by atoms with Gasteiger partial charge in [-0.3, -0.25) is 4.79 Å². The van der Waals surface area contributed by atoms with Crippen molar-refractivity contribution in [2.24, 2.45) is 0 Å². The zero-order valence-electron chi connectivity index (χ0n) is 10.8. The first-order valence-corrected chi connectivity index (χ1v) is 6.22. The molecule has 3 N–H and O–H groups in total. The minimum atomic E-state index is 0.0302. The van der Waals surface area contributed by atoms with Gasteiger partial charge in [0.15, 0.2) is 0 Å². The second kappa shape index (κ2) is 5.20. The number of hydrogen-bond donors (Lipinski definition) is 2. The Balaban J connectivity index is 1.98. The fraction of sp³-hybridized carbons (Fsp3) is 0.583. The van der Waals surface area contributed by atoms with Crippen LogP contribution in [0, 0.1) is 0 Å². The van der Waals surface area contributed by atoms with E-state index in [1.54, 1.807) is 18.0 Å². The van der Waals surface area contributed by atoms with Crippen LogP contribution in [0.15, 0.2) is 6.07 Å². The molecular formula is C12H19N5O. The lowest BCUT2D eigenvalue weighted by atomic mass is 10.3. The Bertz CT molecular complexity index is 444. The topological polar surface area (TPSA) is 84.1 Å². The largest absolute Gasteiger partial charge is 0.384 e. The van der Waals surface area contributed by atoms with E-state index in [9.17, 15) is 4.79 Å². The quantitative estimate of drug-likeness (QED) is 0.807. The van der Waals surface area contributed by atoms with Crippen LogP contribution in [0.4, 0.5) is 11.6 Å². The number of likely N-dealkylation sites (N-methyl/N-ethyl adjacent to an activating group) is 1. The third-order valence-corrected chi connectivity index (χ3v) is 3.03. The van der Waals surface area contributed by atoms with Gasteiger partial charge in [0.05, 0.1) is 6.54 Å². The highest BCUT2D eigenvalue weighted by Gasteiger charge is 2.27. The molecule has 6 nitrogen and oxygen atoms in total. The Kier molecular flexibility index (Phi) is 3.64. The Morgan fingerprint density at radius 2 is 2.28 bits per heavy atom. The molecule has 1 aliphatic rings. The molecule has 1 saturated carbocycles. The lowest BCUT2D eigenvalue weighted by Crippen LogP contribution is -2.32. The lowest BCUT2D eigenvalue weighted by molar-refractivity contribution is -0.127. The number of nitrogens with one attached hydrogen (secondary N) is 1. The van der Waals surface area contributed by atoms with Gasteiger partial charge in [-0.15, -0.1) is 0 Å². The molecule has 1 heterocycles. The van der Waals surface area contributed by atoms with Gasteiger partial charge in [-0.1, -0.05) is 0 Å². The zero-order chi connectivity index (χ0) is 13.1. The summed E-state index contributed by atoms with van der Waals surface area (Å²) < 4.78 is 0. The first kappa shape index (κ1) is 12.6. The Hall–Kier alpha value is -1.85. The number of carbonyl (C=O) groups is 1. The van der Waals surface area contributed by atoms with Crippen molar-refractivity contribution in [1.82, 2.24) is 14.9 Å². The maximum absolute atomic E-state index is 11.7. The summed E-state index contributed by atoms with van der Waals surface area (Å²) in [5, 5.41) is 3.00. The SMILES string of the molecule is CCN(C)C(=O)CNc1cc(N)nc(C2CC2)n1. The number of nitrogen functional groups attached to an aromatic ring is 1. The number of hydrogen-bond acceptors (Lipinski definition) is 5. The first-order valence-electron chi connectivity index (χ1n) is 6.22. The standard InChI is InChI=1S/C12H19N5O/c1-3-17(2)11(18)7-14-10-6-9(13)15-12(16-10)8-4-5-8/h6,8H,3-5,7H2,1-2H3,(H3,13,14,15,16). The summed E-state index contributed by atoms with van der Waals surface area (Å²) in [6, 6.07) is 1.66. The van der Waals surface area contributed by atoms with Gasteiger partial charge < -0.3 is 16.0 Å². The number of carbonyl (C=O) groups excluding carboxylic acids is 1. The van der Waals surface area contributed by atoms with E-state index in [4.69, 9.17) is 5.73 Å². The number of amides is 1. The molecule has 1 amide bonds. The van der Waals surface area contributed by atoms with Crippen LogP contribution in [0.1, 0.15) is 31.5 Å². The van der Waals surface area contributed by atoms with Gasteiger partial charge in [0, 0.05) is 25.6 Å². The van der Waals surface area contributed by atoms with Gasteiger partial charge in [-0.2, -0.15) is 0 Å². The third kappa shape index (κ3) is 3.09. The van der Waals surface area contributed by atoms with E-state index >= 15 is 0 Å². The highest BCUT2D eigenvalue weighted by atomic mass is 16.2. The van der Waals surface area contributed by atoms with Crippen LogP contribution in [0.2, 0.25) is 0 Å². The van der Waals surface area contributed by atoms with Gasteiger partial charge in [-0.05, 0) is 19.8 Å². The van der Waals surface area contributed by atoms with Gasteiger partial charge >= 0.3 is 0 Å². The highest BCUT2D eigenvalue weighted by molar-refractivity contribution is 5.80. The van der Waals surface area contributed by atoms with Crippen LogP contribution < -0.4 is 11.1 Å². The molecule has 98 valence electrons. The van der Waals surface area contributed by atoms with Crippen LogP contribution in [0.25, 0.3) is 0 Å². The second-order valence-electron chi connectivity index (χ2n) is 4.57. The van der Waals surface area contributed by atoms with Crippen molar-refractivity contribution in [2.75, 3.05) is 31.2 Å². The molecule has 1 aromatic heterocycles. The van der Waals surface area contributed by atoms with Crippen molar-refractivity contribution < 1.29 is 4.79 Å². The normalized spacial score (nSPS) is 14.3. The van der Waals surface area contributed by atoms with E-state index in [1.165, 1.54) is 0 Å². The van der Waals surface area contributed by atoms with Crippen LogP contribution in [0.5, 0.6) is 0 Å². The molecule has 1 aliphatic carbocycles. The van der Waals surface area contributed by atoms with Crippen molar-refractivity contribution in [3.8, 4) is 0 Å². The number of rotatable bonds is 5. The third-order valence-electron chi connectivity index (χ3n) is 3.03. The van der Waals surface area contributed by atoms with E-state index in [-0.39, 0.29) is 12.5 Å². The van der Waals surface area contributed by atoms with Crippen LogP contribution in [0.3, 0.4) is 0 Å². The van der Waals surface area contributed by atoms with E-state index in [1.807, 2.05) is 6.92 Å². The highest BCUT2D eigenvalue weighted by Crippen LogP contribution is 2.38. The summed E-state index contributed by atoms with van der Waals surface area (Å²) in [5.41, 5.74) is 5.73. The van der Waals surface area contributed by atoms with E-state index < -0.39 is 0 Å². The zero-order valence-corrected chi connectivity index (χ0v) is 10.8. The molecule has 2 rings (SSSR count). The summed E-state index contributed by atoms with van der Waals surface area (Å²) >= 11 is 0. The summed E-state index contributed by atoms with van der Waals surface area (Å²) in [6.45, 7) is 2.86. The van der Waals surface area contributed by atoms with Crippen molar-refractivity contribution in [1.29, 1.82) is 0 Å². The predicted molar refractivity (Wildman–Crippen MR) is 70.2 cm³/mol. The monoisotopic (exact) mass is 249 g/mol. The van der Waals surface area contributed by atoms with Crippen molar-refractivity contribution in [3.05, 3.63) is 11.9 Å². The van der Waals surface area contributed by atoms with Crippen LogP contribution in [-0.2, 0) is 4.79 Å². The van der Waals surface area contributed by atoms with Gasteiger partial charge in [-0.25, -0.2) is 9.97 Å². The molecule has 0 unspecified atom stereocenters. The Morgan fingerprint density at radius 1 is 1.56 bits per heavy atom. The molecule has 0 saturated heterocycles. The summed E-state index contributed by atoms with van der Waals surface area (Å²) in [7, 11) is 1.77. The maximum Gasteiger partial charge on any atom is 0.241 e. The molecule has 1 aromatic rings. The Morgan fingerprint density at radius 3 is 2.89 bits per heavy atom. The predicted octanol–water partition coefficient (Wildman–Crippen LogP) is 0.826. The van der Waals surface area contributed by atoms with E-state index in [0.29, 0.717) is 24.1 Å². The van der Waals surface area contributed by atoms with Gasteiger partial charge in [0.1, 0.15) is 17.5 Å². The first-order chi connectivity index (χ1) is 8.60. The fourth-order valence-electron chi connectivity index (χ4n) is 1.58. The molecule has 1 fully saturated rings. The van der Waals surface area contributed by atoms with Crippen molar-refractivity contribution >= 4 is 17.5 Å². The number of nitrogens with two attached hydrogens (primary N) is 1. The molecule has 0 aromatic carbocycles. The van der Waals surface area contributed by atoms with Crippen LogP contribution in [-0.4, -0.2) is 40.9 Å². The van der Waals surface area contributed by atoms with E-state index in [2.05, 4.69) is 15.3 Å². The van der Waals surface area contributed by atoms with Gasteiger partial charge in [0.2, 0.25) is 5.91 Å². The smallest absolute Gasteiger partial charge is 0.241 e. The molecule has 18 heavy (non-hydrogen) atoms. The van der Waals surface area contributed by atoms with Crippen molar-refractivity contribution in [2.45, 2.75) is 25.7 Å². The number of anilines is 2. The van der Waals surface area contributed by atoms with E-state index in [0.717, 1.165) is 18.7 Å². The summed E-state index contributed by atoms with van der Waals surface area (Å²) in [5.74, 6) is 2.34. The molecule has 0 spiro atoms. The second-order valence-corrected chi connectivity index (χ2v) is 4.57. The fourth-order valence-corrected chi connectivity index (χ4v) is 1.58. The summed E-state index contributed by atoms with van der Waals surface area (Å²) in [4.78, 5) is 21.9. The molecule has 0 aliphatic heterocycles. The number of nitrogens with zero attached hydrogens (tertiary/aromatic N) is 3. The van der Waals surface area contributed by atoms with Gasteiger partial charge in [0.25, 0.3) is 0 Å². The maximum atomic E-state index is 11.7. The lowest BCUT2D eigenvalue weighted by Gasteiger charge is -2.15.